The lowest BCUT2D eigenvalue weighted by Crippen LogP contribution is -2.37. The van der Waals surface area contributed by atoms with Crippen molar-refractivity contribution in [1.82, 2.24) is 25.3 Å². The smallest absolute Gasteiger partial charge is 0.162 e. The molecule has 166 valence electrons. The van der Waals surface area contributed by atoms with Crippen molar-refractivity contribution in [3.63, 3.8) is 0 Å². The first-order valence-electron chi connectivity index (χ1n) is 10.8. The number of aromatic nitrogens is 4. The van der Waals surface area contributed by atoms with E-state index in [1.807, 2.05) is 36.4 Å². The maximum absolute atomic E-state index is 6.12. The first-order chi connectivity index (χ1) is 15.8. The van der Waals surface area contributed by atoms with Crippen LogP contribution >= 0.6 is 0 Å². The van der Waals surface area contributed by atoms with E-state index in [-0.39, 0.29) is 0 Å². The molecule has 0 atom stereocenters. The first kappa shape index (κ1) is 20.5. The molecule has 0 saturated carbocycles. The molecule has 0 spiro atoms. The van der Waals surface area contributed by atoms with Crippen LogP contribution in [0.3, 0.4) is 0 Å². The molecular formula is C23H26N6O3. The van der Waals surface area contributed by atoms with E-state index in [2.05, 4.69) is 30.6 Å². The van der Waals surface area contributed by atoms with Crippen LogP contribution in [0.25, 0.3) is 21.9 Å². The second-order valence-corrected chi connectivity index (χ2v) is 7.69. The van der Waals surface area contributed by atoms with Gasteiger partial charge in [0.05, 0.1) is 32.4 Å². The highest BCUT2D eigenvalue weighted by molar-refractivity contribution is 5.95. The van der Waals surface area contributed by atoms with Gasteiger partial charge in [-0.25, -0.2) is 0 Å². The van der Waals surface area contributed by atoms with Gasteiger partial charge in [-0.15, -0.1) is 0 Å². The number of anilines is 2. The van der Waals surface area contributed by atoms with E-state index in [1.54, 1.807) is 13.3 Å². The van der Waals surface area contributed by atoms with Crippen molar-refractivity contribution in [2.45, 2.75) is 6.42 Å². The maximum atomic E-state index is 6.12. The Morgan fingerprint density at radius 1 is 1.03 bits per heavy atom. The number of rotatable bonds is 8. The summed E-state index contributed by atoms with van der Waals surface area (Å²) in [6.07, 6.45) is 2.72. The summed E-state index contributed by atoms with van der Waals surface area (Å²) < 4.78 is 17.1. The van der Waals surface area contributed by atoms with Crippen molar-refractivity contribution in [1.29, 1.82) is 0 Å². The molecule has 2 aromatic heterocycles. The highest BCUT2D eigenvalue weighted by Gasteiger charge is 2.13. The molecule has 1 aliphatic rings. The van der Waals surface area contributed by atoms with Crippen LogP contribution in [0.15, 0.2) is 42.6 Å². The minimum Gasteiger partial charge on any atom is -0.493 e. The average Bonchev–Trinajstić information content (AvgIpc) is 3.30. The highest BCUT2D eigenvalue weighted by atomic mass is 16.5. The standard InChI is InChI=1S/C23H26N6O3/c1-30-22-15-20-17(14-23(22)32-10-2-7-29-8-11-31-12-9-29)18(5-6-24-20)25-16-3-4-19-21(13-16)27-28-26-19/h3-6,13-15H,2,7-12H2,1H3,(H,24,25)(H,26,27,28). The topological polar surface area (TPSA) is 97.4 Å². The molecular weight excluding hydrogens is 408 g/mol. The molecule has 32 heavy (non-hydrogen) atoms. The fourth-order valence-electron chi connectivity index (χ4n) is 3.90. The zero-order chi connectivity index (χ0) is 21.8. The van der Waals surface area contributed by atoms with Crippen LogP contribution in [-0.2, 0) is 4.74 Å². The number of aromatic amines is 1. The number of H-pyrrole nitrogens is 1. The molecule has 0 radical (unpaired) electrons. The van der Waals surface area contributed by atoms with Gasteiger partial charge in [0.1, 0.15) is 11.0 Å². The van der Waals surface area contributed by atoms with Gasteiger partial charge < -0.3 is 19.5 Å². The van der Waals surface area contributed by atoms with E-state index in [4.69, 9.17) is 14.2 Å². The minimum atomic E-state index is 0.616. The van der Waals surface area contributed by atoms with Crippen molar-refractivity contribution >= 4 is 33.3 Å². The molecule has 2 N–H and O–H groups in total. The third-order valence-corrected chi connectivity index (χ3v) is 5.60. The number of hydrogen-bond donors (Lipinski definition) is 2. The Balaban J connectivity index is 1.34. The zero-order valence-electron chi connectivity index (χ0n) is 18.0. The highest BCUT2D eigenvalue weighted by Crippen LogP contribution is 2.35. The number of benzene rings is 2. The summed E-state index contributed by atoms with van der Waals surface area (Å²) >= 11 is 0. The van der Waals surface area contributed by atoms with Gasteiger partial charge in [-0.05, 0) is 36.8 Å². The van der Waals surface area contributed by atoms with E-state index >= 15 is 0 Å². The van der Waals surface area contributed by atoms with Crippen molar-refractivity contribution in [2.24, 2.45) is 0 Å². The number of morpholine rings is 1. The normalized spacial score (nSPS) is 14.7. The summed E-state index contributed by atoms with van der Waals surface area (Å²) in [5, 5.41) is 15.3. The van der Waals surface area contributed by atoms with Gasteiger partial charge in [-0.1, -0.05) is 0 Å². The van der Waals surface area contributed by atoms with Crippen LogP contribution in [0, 0.1) is 0 Å². The second kappa shape index (κ2) is 9.37. The Hall–Kier alpha value is -3.43. The summed E-state index contributed by atoms with van der Waals surface area (Å²) in [7, 11) is 1.65. The number of nitrogens with zero attached hydrogens (tertiary/aromatic N) is 4. The van der Waals surface area contributed by atoms with Crippen LogP contribution in [-0.4, -0.2) is 71.9 Å². The van der Waals surface area contributed by atoms with Gasteiger partial charge >= 0.3 is 0 Å². The van der Waals surface area contributed by atoms with E-state index in [9.17, 15) is 0 Å². The molecule has 0 unspecified atom stereocenters. The summed E-state index contributed by atoms with van der Waals surface area (Å²) in [4.78, 5) is 6.92. The molecule has 4 aromatic rings. The fraction of sp³-hybridized carbons (Fsp3) is 0.348. The number of pyridine rings is 1. The third kappa shape index (κ3) is 4.44. The Morgan fingerprint density at radius 3 is 2.78 bits per heavy atom. The van der Waals surface area contributed by atoms with Gasteiger partial charge in [0.25, 0.3) is 0 Å². The maximum Gasteiger partial charge on any atom is 0.162 e. The molecule has 0 aliphatic carbocycles. The third-order valence-electron chi connectivity index (χ3n) is 5.60. The van der Waals surface area contributed by atoms with E-state index < -0.39 is 0 Å². The number of hydrogen-bond acceptors (Lipinski definition) is 8. The lowest BCUT2D eigenvalue weighted by atomic mass is 10.1. The van der Waals surface area contributed by atoms with Gasteiger partial charge in [-0.3, -0.25) is 9.88 Å². The van der Waals surface area contributed by atoms with Crippen molar-refractivity contribution in [2.75, 3.05) is 51.9 Å². The van der Waals surface area contributed by atoms with Gasteiger partial charge in [0, 0.05) is 48.7 Å². The summed E-state index contributed by atoms with van der Waals surface area (Å²) in [5.41, 5.74) is 4.31. The SMILES string of the molecule is COc1cc2nccc(Nc3ccc4n[nH]nc4c3)c2cc1OCCCN1CCOCC1. The molecule has 1 fully saturated rings. The lowest BCUT2D eigenvalue weighted by Gasteiger charge is -2.26. The fourth-order valence-corrected chi connectivity index (χ4v) is 3.90. The second-order valence-electron chi connectivity index (χ2n) is 7.69. The first-order valence-corrected chi connectivity index (χ1v) is 10.8. The van der Waals surface area contributed by atoms with Crippen LogP contribution < -0.4 is 14.8 Å². The number of nitrogens with one attached hydrogen (secondary N) is 2. The van der Waals surface area contributed by atoms with E-state index in [1.165, 1.54) is 0 Å². The quantitative estimate of drug-likeness (QED) is 0.408. The molecule has 3 heterocycles. The number of ether oxygens (including phenoxy) is 3. The molecule has 0 bridgehead atoms. The van der Waals surface area contributed by atoms with Crippen molar-refractivity contribution in [3.8, 4) is 11.5 Å². The van der Waals surface area contributed by atoms with Gasteiger partial charge in [-0.2, -0.15) is 15.4 Å². The predicted octanol–water partition coefficient (Wildman–Crippen LogP) is 3.36. The average molecular weight is 435 g/mol. The molecule has 2 aromatic carbocycles. The Labute approximate surface area is 185 Å². The van der Waals surface area contributed by atoms with Crippen LogP contribution in [0.1, 0.15) is 6.42 Å². The Morgan fingerprint density at radius 2 is 1.91 bits per heavy atom. The van der Waals surface area contributed by atoms with E-state index in [0.717, 1.165) is 72.6 Å². The van der Waals surface area contributed by atoms with Gasteiger partial charge in [0.2, 0.25) is 0 Å². The van der Waals surface area contributed by atoms with Crippen LogP contribution in [0.5, 0.6) is 11.5 Å². The molecule has 0 amide bonds. The monoisotopic (exact) mass is 434 g/mol. The zero-order valence-corrected chi connectivity index (χ0v) is 18.0. The lowest BCUT2D eigenvalue weighted by molar-refractivity contribution is 0.0357. The molecule has 1 saturated heterocycles. The molecule has 9 heteroatoms. The van der Waals surface area contributed by atoms with Crippen molar-refractivity contribution in [3.05, 3.63) is 42.6 Å². The van der Waals surface area contributed by atoms with Gasteiger partial charge in [0.15, 0.2) is 11.5 Å². The number of methoxy groups -OCH3 is 1. The summed E-state index contributed by atoms with van der Waals surface area (Å²) in [5.74, 6) is 1.39. The Kier molecular flexibility index (Phi) is 6.00. The molecule has 9 nitrogen and oxygen atoms in total. The summed E-state index contributed by atoms with van der Waals surface area (Å²) in [6.45, 7) is 5.21. The number of fused-ring (bicyclic) bond motifs is 2. The predicted molar refractivity (Wildman–Crippen MR) is 123 cm³/mol. The summed E-state index contributed by atoms with van der Waals surface area (Å²) in [6, 6.07) is 11.7. The minimum absolute atomic E-state index is 0.616. The van der Waals surface area contributed by atoms with Crippen molar-refractivity contribution < 1.29 is 14.2 Å². The largest absolute Gasteiger partial charge is 0.493 e. The van der Waals surface area contributed by atoms with Crippen LogP contribution in [0.2, 0.25) is 0 Å². The van der Waals surface area contributed by atoms with E-state index in [0.29, 0.717) is 18.1 Å². The van der Waals surface area contributed by atoms with Crippen LogP contribution in [0.4, 0.5) is 11.4 Å². The molecule has 5 rings (SSSR count). The Bertz CT molecular complexity index is 1210. The molecule has 1 aliphatic heterocycles.